The molecule has 0 aliphatic rings. The molecule has 4 nitrogen and oxygen atoms in total. The van der Waals surface area contributed by atoms with Gasteiger partial charge in [-0.1, -0.05) is 18.2 Å². The van der Waals surface area contributed by atoms with Crippen LogP contribution in [0, 0.1) is 13.8 Å². The maximum Gasteiger partial charge on any atom is 0.193 e. The highest BCUT2D eigenvalue weighted by atomic mass is 127. The fraction of sp³-hybridized carbons (Fsp3) is 0.188. The summed E-state index contributed by atoms with van der Waals surface area (Å²) in [4.78, 5) is 4.26. The molecule has 21 heavy (non-hydrogen) atoms. The van der Waals surface area contributed by atoms with Crippen molar-refractivity contribution >= 4 is 35.6 Å². The molecule has 0 fully saturated rings. The fourth-order valence-electron chi connectivity index (χ4n) is 1.84. The molecule has 2 aromatic rings. The smallest absolute Gasteiger partial charge is 0.193 e. The van der Waals surface area contributed by atoms with Gasteiger partial charge in [0.2, 0.25) is 0 Å². The number of benzene rings is 2. The van der Waals surface area contributed by atoms with Crippen LogP contribution in [-0.4, -0.2) is 11.1 Å². The number of rotatable bonds is 3. The van der Waals surface area contributed by atoms with Crippen LogP contribution >= 0.6 is 24.0 Å². The van der Waals surface area contributed by atoms with Gasteiger partial charge < -0.3 is 16.2 Å². The number of guanidine groups is 1. The van der Waals surface area contributed by atoms with Gasteiger partial charge in [-0.05, 0) is 54.8 Å². The highest BCUT2D eigenvalue weighted by molar-refractivity contribution is 14.0. The molecule has 112 valence electrons. The lowest BCUT2D eigenvalue weighted by Gasteiger charge is -2.08. The lowest BCUT2D eigenvalue weighted by atomic mass is 10.1. The molecule has 0 aliphatic heterocycles. The Kier molecular flexibility index (Phi) is 6.48. The van der Waals surface area contributed by atoms with E-state index in [2.05, 4.69) is 24.2 Å². The quantitative estimate of drug-likeness (QED) is 0.422. The predicted molar refractivity (Wildman–Crippen MR) is 98.4 cm³/mol. The van der Waals surface area contributed by atoms with Gasteiger partial charge in [-0.2, -0.15) is 0 Å². The van der Waals surface area contributed by atoms with E-state index >= 15 is 0 Å². The number of nitrogens with zero attached hydrogens (tertiary/aromatic N) is 1. The van der Waals surface area contributed by atoms with Gasteiger partial charge in [0.05, 0.1) is 6.54 Å². The van der Waals surface area contributed by atoms with Crippen LogP contribution in [0.25, 0.3) is 0 Å². The summed E-state index contributed by atoms with van der Waals surface area (Å²) in [5.74, 6) is 0.593. The van der Waals surface area contributed by atoms with Gasteiger partial charge in [0, 0.05) is 5.69 Å². The minimum Gasteiger partial charge on any atom is -0.508 e. The molecule has 0 radical (unpaired) electrons. The van der Waals surface area contributed by atoms with Crippen molar-refractivity contribution < 1.29 is 5.11 Å². The molecule has 0 aromatic heterocycles. The van der Waals surface area contributed by atoms with Gasteiger partial charge in [0.25, 0.3) is 0 Å². The summed E-state index contributed by atoms with van der Waals surface area (Å²) in [5, 5.41) is 12.4. The number of phenolic OH excluding ortho intramolecular Hbond substituents is 1. The van der Waals surface area contributed by atoms with Crippen LogP contribution in [0.2, 0.25) is 0 Å². The highest BCUT2D eigenvalue weighted by Crippen LogP contribution is 2.14. The Balaban J connectivity index is 0.00000220. The van der Waals surface area contributed by atoms with Crippen LogP contribution in [0.1, 0.15) is 16.7 Å². The molecule has 5 heteroatoms. The summed E-state index contributed by atoms with van der Waals surface area (Å²) in [6.45, 7) is 4.55. The summed E-state index contributed by atoms with van der Waals surface area (Å²) in [6.07, 6.45) is 0. The maximum atomic E-state index is 9.37. The Morgan fingerprint density at radius 3 is 2.57 bits per heavy atom. The zero-order chi connectivity index (χ0) is 14.5. The Labute approximate surface area is 142 Å². The number of phenols is 1. The van der Waals surface area contributed by atoms with Crippen LogP contribution in [0.15, 0.2) is 47.5 Å². The van der Waals surface area contributed by atoms with Crippen molar-refractivity contribution in [2.75, 3.05) is 5.32 Å². The van der Waals surface area contributed by atoms with Crippen molar-refractivity contribution in [2.24, 2.45) is 10.7 Å². The first-order chi connectivity index (χ1) is 9.54. The van der Waals surface area contributed by atoms with Gasteiger partial charge >= 0.3 is 0 Å². The summed E-state index contributed by atoms with van der Waals surface area (Å²) in [7, 11) is 0. The molecule has 2 aromatic carbocycles. The minimum absolute atomic E-state index is 0. The van der Waals surface area contributed by atoms with E-state index < -0.39 is 0 Å². The van der Waals surface area contributed by atoms with E-state index in [-0.39, 0.29) is 29.7 Å². The number of aromatic hydroxyl groups is 1. The molecular formula is C16H20IN3O. The lowest BCUT2D eigenvalue weighted by Crippen LogP contribution is -2.22. The number of hydrogen-bond acceptors (Lipinski definition) is 2. The third-order valence-corrected chi connectivity index (χ3v) is 3.12. The van der Waals surface area contributed by atoms with Crippen LogP contribution in [0.4, 0.5) is 5.69 Å². The van der Waals surface area contributed by atoms with Crippen LogP contribution in [0.3, 0.4) is 0 Å². The van der Waals surface area contributed by atoms with Gasteiger partial charge in [-0.15, -0.1) is 24.0 Å². The molecule has 0 amide bonds. The second kappa shape index (κ2) is 7.87. The van der Waals surface area contributed by atoms with E-state index in [1.807, 2.05) is 24.3 Å². The van der Waals surface area contributed by atoms with Crippen molar-refractivity contribution in [3.05, 3.63) is 59.2 Å². The van der Waals surface area contributed by atoms with E-state index in [9.17, 15) is 5.11 Å². The zero-order valence-electron chi connectivity index (χ0n) is 12.1. The predicted octanol–water partition coefficient (Wildman–Crippen LogP) is 3.55. The monoisotopic (exact) mass is 397 g/mol. The number of aryl methyl sites for hydroxylation is 2. The molecule has 0 saturated carbocycles. The van der Waals surface area contributed by atoms with Crippen molar-refractivity contribution in [1.29, 1.82) is 0 Å². The van der Waals surface area contributed by atoms with Crippen LogP contribution in [0.5, 0.6) is 5.75 Å². The topological polar surface area (TPSA) is 70.6 Å². The highest BCUT2D eigenvalue weighted by Gasteiger charge is 1.98. The summed E-state index contributed by atoms with van der Waals surface area (Å²) in [5.41, 5.74) is 10.1. The first-order valence-electron chi connectivity index (χ1n) is 6.47. The summed E-state index contributed by atoms with van der Waals surface area (Å²) in [6, 6.07) is 13.0. The van der Waals surface area contributed by atoms with Crippen LogP contribution < -0.4 is 11.1 Å². The SMILES string of the molecule is Cc1ccc(NC(N)=NCc2cccc(O)c2)cc1C.I. The van der Waals surface area contributed by atoms with E-state index in [0.717, 1.165) is 11.3 Å². The number of aliphatic imine (C=N–C) groups is 1. The van der Waals surface area contributed by atoms with Crippen molar-refractivity contribution in [3.63, 3.8) is 0 Å². The molecule has 0 spiro atoms. The van der Waals surface area contributed by atoms with Gasteiger partial charge in [-0.3, -0.25) is 0 Å². The average Bonchev–Trinajstić information content (AvgIpc) is 2.41. The minimum atomic E-state index is 0. The van der Waals surface area contributed by atoms with Crippen LogP contribution in [-0.2, 0) is 6.54 Å². The second-order valence-electron chi connectivity index (χ2n) is 4.80. The largest absolute Gasteiger partial charge is 0.508 e. The molecule has 0 atom stereocenters. The van der Waals surface area contributed by atoms with E-state index in [0.29, 0.717) is 12.5 Å². The Hall–Kier alpha value is -1.76. The zero-order valence-corrected chi connectivity index (χ0v) is 14.5. The molecule has 0 saturated heterocycles. The van der Waals surface area contributed by atoms with E-state index in [1.54, 1.807) is 18.2 Å². The third kappa shape index (κ3) is 5.26. The molecule has 0 aliphatic carbocycles. The molecule has 0 unspecified atom stereocenters. The number of halogens is 1. The molecular weight excluding hydrogens is 377 g/mol. The summed E-state index contributed by atoms with van der Waals surface area (Å²) < 4.78 is 0. The molecule has 0 heterocycles. The van der Waals surface area contributed by atoms with Crippen molar-refractivity contribution in [1.82, 2.24) is 0 Å². The Morgan fingerprint density at radius 2 is 1.90 bits per heavy atom. The maximum absolute atomic E-state index is 9.37. The lowest BCUT2D eigenvalue weighted by molar-refractivity contribution is 0.474. The number of anilines is 1. The van der Waals surface area contributed by atoms with Crippen molar-refractivity contribution in [3.8, 4) is 5.75 Å². The first kappa shape index (κ1) is 17.3. The average molecular weight is 397 g/mol. The fourth-order valence-corrected chi connectivity index (χ4v) is 1.84. The van der Waals surface area contributed by atoms with E-state index in [1.165, 1.54) is 11.1 Å². The summed E-state index contributed by atoms with van der Waals surface area (Å²) >= 11 is 0. The second-order valence-corrected chi connectivity index (χ2v) is 4.80. The standard InChI is InChI=1S/C16H19N3O.HI/c1-11-6-7-14(8-12(11)2)19-16(17)18-10-13-4-3-5-15(20)9-13;/h3-9,20H,10H2,1-2H3,(H3,17,18,19);1H. The third-order valence-electron chi connectivity index (χ3n) is 3.12. The van der Waals surface area contributed by atoms with Gasteiger partial charge in [-0.25, -0.2) is 4.99 Å². The number of nitrogens with two attached hydrogens (primary N) is 1. The molecule has 4 N–H and O–H groups in total. The molecule has 2 rings (SSSR count). The number of hydrogen-bond donors (Lipinski definition) is 3. The Bertz CT molecular complexity index is 641. The van der Waals surface area contributed by atoms with E-state index in [4.69, 9.17) is 5.73 Å². The van der Waals surface area contributed by atoms with Crippen molar-refractivity contribution in [2.45, 2.75) is 20.4 Å². The van der Waals surface area contributed by atoms with Gasteiger partial charge in [0.1, 0.15) is 5.75 Å². The van der Waals surface area contributed by atoms with Gasteiger partial charge in [0.15, 0.2) is 5.96 Å². The normalized spacial score (nSPS) is 10.9. The Morgan fingerprint density at radius 1 is 1.14 bits per heavy atom. The first-order valence-corrected chi connectivity index (χ1v) is 6.47. The molecule has 0 bridgehead atoms. The number of nitrogens with one attached hydrogen (secondary N) is 1.